The summed E-state index contributed by atoms with van der Waals surface area (Å²) in [7, 11) is 6.13. The van der Waals surface area contributed by atoms with Gasteiger partial charge in [-0.2, -0.15) is 20.0 Å². The molecule has 3 aromatic heterocycles. The van der Waals surface area contributed by atoms with Crippen LogP contribution in [0.5, 0.6) is 0 Å². The largest absolute Gasteiger partial charge is 0.356 e. The van der Waals surface area contributed by atoms with Gasteiger partial charge in [0.15, 0.2) is 5.65 Å². The summed E-state index contributed by atoms with van der Waals surface area (Å²) >= 11 is 0. The Balaban J connectivity index is 1.33. The van der Waals surface area contributed by atoms with E-state index in [1.165, 1.54) is 0 Å². The summed E-state index contributed by atoms with van der Waals surface area (Å²) in [6, 6.07) is 15.3. The van der Waals surface area contributed by atoms with E-state index in [0.717, 1.165) is 35.9 Å². The minimum atomic E-state index is -0.254. The molecule has 10 heteroatoms. The molecule has 1 saturated heterocycles. The molecule has 4 heterocycles. The number of rotatable bonds is 6. The number of anilines is 1. The minimum absolute atomic E-state index is 0.254. The van der Waals surface area contributed by atoms with Crippen LogP contribution in [0.4, 0.5) is 5.82 Å². The van der Waals surface area contributed by atoms with Crippen LogP contribution in [0.1, 0.15) is 21.6 Å². The fourth-order valence-electron chi connectivity index (χ4n) is 5.48. The smallest absolute Gasteiger partial charge is 0.270 e. The molecule has 1 aliphatic heterocycles. The Morgan fingerprint density at radius 2 is 1.92 bits per heavy atom. The summed E-state index contributed by atoms with van der Waals surface area (Å²) in [6.45, 7) is 2.53. The van der Waals surface area contributed by atoms with E-state index in [9.17, 15) is 4.79 Å². The van der Waals surface area contributed by atoms with Gasteiger partial charge in [-0.1, -0.05) is 12.1 Å². The van der Waals surface area contributed by atoms with Crippen molar-refractivity contribution in [2.24, 2.45) is 18.9 Å². The van der Waals surface area contributed by atoms with E-state index >= 15 is 0 Å². The summed E-state index contributed by atoms with van der Waals surface area (Å²) in [5, 5.41) is 21.1. The Hall–Kier alpha value is -4.23. The fourth-order valence-corrected chi connectivity index (χ4v) is 5.48. The second-order valence-corrected chi connectivity index (χ2v) is 9.78. The van der Waals surface area contributed by atoms with E-state index in [1.807, 2.05) is 41.9 Å². The molecule has 0 radical (unpaired) electrons. The topological polar surface area (TPSA) is 107 Å². The van der Waals surface area contributed by atoms with Crippen molar-refractivity contribution in [2.75, 3.05) is 32.1 Å². The van der Waals surface area contributed by atoms with Crippen LogP contribution in [-0.2, 0) is 13.6 Å². The number of piperidine rings is 1. The third-order valence-electron chi connectivity index (χ3n) is 7.40. The maximum absolute atomic E-state index is 13.2. The van der Waals surface area contributed by atoms with Crippen molar-refractivity contribution in [1.82, 2.24) is 34.6 Å². The van der Waals surface area contributed by atoms with Crippen LogP contribution in [-0.4, -0.2) is 68.4 Å². The lowest BCUT2D eigenvalue weighted by molar-refractivity contribution is 0.0946. The maximum atomic E-state index is 13.2. The van der Waals surface area contributed by atoms with Crippen LogP contribution in [0, 0.1) is 23.2 Å². The highest BCUT2D eigenvalue weighted by molar-refractivity contribution is 5.93. The standard InChI is InChI=1S/C26H27N9O/c1-32-14-18-19(15-32)25(18)33(2)24-11-21(26(36)28-13-17-6-4-16(12-27)5-7-17)30-23-10-20(31-35(23)24)22-8-9-29-34(22)3/h4-11,18-19,25H,13-15H2,1-3H3,(H,28,36). The Morgan fingerprint density at radius 3 is 2.58 bits per heavy atom. The third-order valence-corrected chi connectivity index (χ3v) is 7.40. The number of carbonyl (C=O) groups excluding carboxylic acids is 1. The number of amides is 1. The highest BCUT2D eigenvalue weighted by Crippen LogP contribution is 2.49. The van der Waals surface area contributed by atoms with Crippen LogP contribution in [0.3, 0.4) is 0 Å². The molecule has 2 unspecified atom stereocenters. The molecule has 2 fully saturated rings. The second-order valence-electron chi connectivity index (χ2n) is 9.78. The molecule has 0 bridgehead atoms. The number of fused-ring (bicyclic) bond motifs is 2. The second kappa shape index (κ2) is 8.46. The van der Waals surface area contributed by atoms with Gasteiger partial charge in [-0.25, -0.2) is 4.98 Å². The van der Waals surface area contributed by atoms with Crippen LogP contribution in [0.2, 0.25) is 0 Å². The number of carbonyl (C=O) groups is 1. The van der Waals surface area contributed by atoms with Gasteiger partial charge in [0.25, 0.3) is 5.91 Å². The molecule has 1 N–H and O–H groups in total. The fraction of sp³-hybridized carbons (Fsp3) is 0.346. The zero-order chi connectivity index (χ0) is 25.0. The SMILES string of the molecule is CN1CC2C(C1)C2N(C)c1cc(C(=O)NCc2ccc(C#N)cc2)nc2cc(-c3ccnn3C)nn12. The first-order valence-electron chi connectivity index (χ1n) is 12.0. The molecular formula is C26H27N9O. The monoisotopic (exact) mass is 481 g/mol. The number of aromatic nitrogens is 5. The van der Waals surface area contributed by atoms with E-state index in [2.05, 4.69) is 45.4 Å². The van der Waals surface area contributed by atoms with Crippen molar-refractivity contribution < 1.29 is 4.79 Å². The lowest BCUT2D eigenvalue weighted by atomic mass is 10.1. The number of nitrogens with zero attached hydrogens (tertiary/aromatic N) is 8. The lowest BCUT2D eigenvalue weighted by Gasteiger charge is -2.24. The number of benzene rings is 1. The van der Waals surface area contributed by atoms with Crippen molar-refractivity contribution in [2.45, 2.75) is 12.6 Å². The molecule has 4 aromatic rings. The van der Waals surface area contributed by atoms with E-state index < -0.39 is 0 Å². The zero-order valence-electron chi connectivity index (χ0n) is 20.5. The van der Waals surface area contributed by atoms with Crippen LogP contribution in [0.25, 0.3) is 17.0 Å². The van der Waals surface area contributed by atoms with Gasteiger partial charge in [0, 0.05) is 58.1 Å². The molecule has 0 spiro atoms. The molecule has 1 aromatic carbocycles. The molecule has 1 aliphatic carbocycles. The first-order valence-corrected chi connectivity index (χ1v) is 12.0. The summed E-state index contributed by atoms with van der Waals surface area (Å²) in [6.07, 6.45) is 1.74. The summed E-state index contributed by atoms with van der Waals surface area (Å²) < 4.78 is 3.61. The maximum Gasteiger partial charge on any atom is 0.270 e. The molecule has 6 rings (SSSR count). The first-order chi connectivity index (χ1) is 17.4. The van der Waals surface area contributed by atoms with E-state index in [0.29, 0.717) is 41.3 Å². The molecule has 10 nitrogen and oxygen atoms in total. The summed E-state index contributed by atoms with van der Waals surface area (Å²) in [5.74, 6) is 1.85. The summed E-state index contributed by atoms with van der Waals surface area (Å²) in [5.41, 5.74) is 4.10. The van der Waals surface area contributed by atoms with Gasteiger partial charge in [-0.3, -0.25) is 9.48 Å². The highest BCUT2D eigenvalue weighted by Gasteiger charge is 2.57. The van der Waals surface area contributed by atoms with Gasteiger partial charge in [-0.05, 0) is 42.6 Å². The van der Waals surface area contributed by atoms with Crippen molar-refractivity contribution in [3.8, 4) is 17.5 Å². The first kappa shape index (κ1) is 22.2. The van der Waals surface area contributed by atoms with Crippen LogP contribution < -0.4 is 10.2 Å². The number of nitrogens with one attached hydrogen (secondary N) is 1. The highest BCUT2D eigenvalue weighted by atomic mass is 16.1. The zero-order valence-corrected chi connectivity index (χ0v) is 20.5. The van der Waals surface area contributed by atoms with Gasteiger partial charge in [0.1, 0.15) is 17.2 Å². The van der Waals surface area contributed by atoms with Crippen molar-refractivity contribution in [1.29, 1.82) is 5.26 Å². The van der Waals surface area contributed by atoms with Gasteiger partial charge in [0.2, 0.25) is 0 Å². The summed E-state index contributed by atoms with van der Waals surface area (Å²) in [4.78, 5) is 22.5. The predicted molar refractivity (Wildman–Crippen MR) is 134 cm³/mol. The molecule has 2 atom stereocenters. The van der Waals surface area contributed by atoms with E-state index in [4.69, 9.17) is 10.4 Å². The van der Waals surface area contributed by atoms with Crippen molar-refractivity contribution in [3.63, 3.8) is 0 Å². The molecule has 1 saturated carbocycles. The average Bonchev–Trinajstić information content (AvgIpc) is 3.27. The van der Waals surface area contributed by atoms with E-state index in [1.54, 1.807) is 23.0 Å². The Morgan fingerprint density at radius 1 is 1.17 bits per heavy atom. The van der Waals surface area contributed by atoms with E-state index in [-0.39, 0.29) is 5.91 Å². The van der Waals surface area contributed by atoms with Gasteiger partial charge >= 0.3 is 0 Å². The third kappa shape index (κ3) is 3.78. The lowest BCUT2D eigenvalue weighted by Crippen LogP contribution is -2.32. The number of nitriles is 1. The Labute approximate surface area is 208 Å². The molecule has 36 heavy (non-hydrogen) atoms. The number of hydrogen-bond donors (Lipinski definition) is 1. The van der Waals surface area contributed by atoms with Crippen LogP contribution in [0.15, 0.2) is 48.7 Å². The quantitative estimate of drug-likeness (QED) is 0.448. The van der Waals surface area contributed by atoms with Crippen LogP contribution >= 0.6 is 0 Å². The molecular weight excluding hydrogens is 454 g/mol. The normalized spacial score (nSPS) is 20.8. The number of aryl methyl sites for hydroxylation is 1. The van der Waals surface area contributed by atoms with Crippen molar-refractivity contribution in [3.05, 3.63) is 65.5 Å². The Bertz CT molecular complexity index is 1480. The number of hydrogen-bond acceptors (Lipinski definition) is 7. The number of likely N-dealkylation sites (tertiary alicyclic amines) is 1. The Kier molecular flexibility index (Phi) is 5.23. The molecule has 1 amide bonds. The molecule has 2 aliphatic rings. The predicted octanol–water partition coefficient (Wildman–Crippen LogP) is 1.93. The molecule has 182 valence electrons. The van der Waals surface area contributed by atoms with Crippen molar-refractivity contribution >= 4 is 17.4 Å². The van der Waals surface area contributed by atoms with Gasteiger partial charge in [0.05, 0.1) is 17.3 Å². The minimum Gasteiger partial charge on any atom is -0.356 e. The average molecular weight is 482 g/mol. The van der Waals surface area contributed by atoms with Gasteiger partial charge < -0.3 is 15.1 Å². The van der Waals surface area contributed by atoms with Gasteiger partial charge in [-0.15, -0.1) is 0 Å².